The fourth-order valence-corrected chi connectivity index (χ4v) is 3.08. The maximum absolute atomic E-state index is 5.99. The maximum atomic E-state index is 5.99. The Balaban J connectivity index is 1.67. The molecule has 1 aliphatic rings. The zero-order valence-electron chi connectivity index (χ0n) is 12.2. The summed E-state index contributed by atoms with van der Waals surface area (Å²) in [6.07, 6.45) is 3.37. The van der Waals surface area contributed by atoms with Crippen LogP contribution in [0.2, 0.25) is 5.02 Å². The Kier molecular flexibility index (Phi) is 4.56. The molecule has 0 radical (unpaired) electrons. The first kappa shape index (κ1) is 14.5. The Labute approximate surface area is 129 Å². The molecule has 2 unspecified atom stereocenters. The van der Waals surface area contributed by atoms with Gasteiger partial charge in [0, 0.05) is 17.0 Å². The highest BCUT2D eigenvalue weighted by Gasteiger charge is 2.22. The summed E-state index contributed by atoms with van der Waals surface area (Å²) in [6.45, 7) is 4.50. The average Bonchev–Trinajstić information content (AvgIpc) is 2.97. The van der Waals surface area contributed by atoms with Crippen LogP contribution in [0.1, 0.15) is 25.7 Å². The molecule has 2 aromatic rings. The van der Waals surface area contributed by atoms with Crippen molar-refractivity contribution in [3.05, 3.63) is 35.2 Å². The Morgan fingerprint density at radius 1 is 1.48 bits per heavy atom. The molecule has 2 atom stereocenters. The van der Waals surface area contributed by atoms with Gasteiger partial charge in [0.2, 0.25) is 11.7 Å². The molecule has 1 fully saturated rings. The van der Waals surface area contributed by atoms with Crippen molar-refractivity contribution in [1.29, 1.82) is 0 Å². The van der Waals surface area contributed by atoms with E-state index in [-0.39, 0.29) is 0 Å². The number of nitrogens with one attached hydrogen (secondary N) is 1. The summed E-state index contributed by atoms with van der Waals surface area (Å²) in [5.74, 6) is 2.57. The molecular formula is C16H20ClN3O. The molecule has 0 amide bonds. The van der Waals surface area contributed by atoms with E-state index in [1.54, 1.807) is 0 Å². The monoisotopic (exact) mass is 305 g/mol. The zero-order valence-corrected chi connectivity index (χ0v) is 12.9. The van der Waals surface area contributed by atoms with Crippen LogP contribution in [0.25, 0.3) is 11.4 Å². The Morgan fingerprint density at radius 2 is 2.38 bits per heavy atom. The van der Waals surface area contributed by atoms with Crippen LogP contribution in [0, 0.1) is 11.8 Å². The number of halogens is 1. The molecule has 112 valence electrons. The summed E-state index contributed by atoms with van der Waals surface area (Å²) < 4.78 is 5.40. The quantitative estimate of drug-likeness (QED) is 0.938. The van der Waals surface area contributed by atoms with Gasteiger partial charge in [-0.25, -0.2) is 0 Å². The first-order valence-electron chi connectivity index (χ1n) is 7.51. The molecule has 0 saturated carbocycles. The number of hydrogen-bond acceptors (Lipinski definition) is 4. The van der Waals surface area contributed by atoms with E-state index in [1.165, 1.54) is 12.8 Å². The second-order valence-corrected chi connectivity index (χ2v) is 6.25. The summed E-state index contributed by atoms with van der Waals surface area (Å²) >= 11 is 5.99. The third-order valence-electron chi connectivity index (χ3n) is 4.19. The van der Waals surface area contributed by atoms with Crippen molar-refractivity contribution in [2.24, 2.45) is 11.8 Å². The van der Waals surface area contributed by atoms with Gasteiger partial charge in [0.05, 0.1) is 0 Å². The second-order valence-electron chi connectivity index (χ2n) is 5.81. The van der Waals surface area contributed by atoms with Crippen molar-refractivity contribution in [2.45, 2.75) is 26.2 Å². The Bertz CT molecular complexity index is 593. The van der Waals surface area contributed by atoms with Gasteiger partial charge in [-0.05, 0) is 49.9 Å². The van der Waals surface area contributed by atoms with E-state index in [2.05, 4.69) is 22.4 Å². The maximum Gasteiger partial charge on any atom is 0.227 e. The molecule has 1 aromatic carbocycles. The largest absolute Gasteiger partial charge is 0.339 e. The number of benzene rings is 1. The lowest BCUT2D eigenvalue weighted by Gasteiger charge is -2.27. The molecule has 0 bridgehead atoms. The average molecular weight is 306 g/mol. The third-order valence-corrected chi connectivity index (χ3v) is 4.42. The predicted octanol–water partition coefficient (Wildman–Crippen LogP) is 3.57. The van der Waals surface area contributed by atoms with Gasteiger partial charge in [0.1, 0.15) is 0 Å². The fourth-order valence-electron chi connectivity index (χ4n) is 2.89. The predicted molar refractivity (Wildman–Crippen MR) is 83.2 cm³/mol. The van der Waals surface area contributed by atoms with Gasteiger partial charge in [-0.1, -0.05) is 35.8 Å². The van der Waals surface area contributed by atoms with Gasteiger partial charge < -0.3 is 9.84 Å². The highest BCUT2D eigenvalue weighted by atomic mass is 35.5. The van der Waals surface area contributed by atoms with E-state index in [1.807, 2.05) is 24.3 Å². The molecule has 1 N–H and O–H groups in total. The summed E-state index contributed by atoms with van der Waals surface area (Å²) in [5.41, 5.74) is 0.893. The minimum absolute atomic E-state index is 0.547. The summed E-state index contributed by atoms with van der Waals surface area (Å²) in [4.78, 5) is 4.50. The van der Waals surface area contributed by atoms with Gasteiger partial charge in [0.15, 0.2) is 0 Å². The molecule has 5 heteroatoms. The molecule has 1 aromatic heterocycles. The van der Waals surface area contributed by atoms with Crippen molar-refractivity contribution in [2.75, 3.05) is 13.1 Å². The fraction of sp³-hybridized carbons (Fsp3) is 0.500. The van der Waals surface area contributed by atoms with E-state index in [4.69, 9.17) is 16.1 Å². The van der Waals surface area contributed by atoms with Crippen molar-refractivity contribution < 1.29 is 4.52 Å². The van der Waals surface area contributed by atoms with Crippen molar-refractivity contribution in [3.8, 4) is 11.4 Å². The highest BCUT2D eigenvalue weighted by molar-refractivity contribution is 6.30. The summed E-state index contributed by atoms with van der Waals surface area (Å²) in [5, 5.41) is 8.20. The SMILES string of the molecule is CC(Cc1nc(-c2cccc(Cl)c2)no1)C1CCCNC1. The first-order valence-corrected chi connectivity index (χ1v) is 7.89. The second kappa shape index (κ2) is 6.58. The lowest BCUT2D eigenvalue weighted by atomic mass is 9.85. The molecule has 21 heavy (non-hydrogen) atoms. The van der Waals surface area contributed by atoms with E-state index >= 15 is 0 Å². The van der Waals surface area contributed by atoms with Gasteiger partial charge in [-0.3, -0.25) is 0 Å². The minimum Gasteiger partial charge on any atom is -0.339 e. The van der Waals surface area contributed by atoms with E-state index < -0.39 is 0 Å². The third kappa shape index (κ3) is 3.63. The number of piperidine rings is 1. The standard InChI is InChI=1S/C16H20ClN3O/c1-11(13-5-3-7-18-10-13)8-15-19-16(20-21-15)12-4-2-6-14(17)9-12/h2,4,6,9,11,13,18H,3,5,7-8,10H2,1H3. The van der Waals surface area contributed by atoms with Gasteiger partial charge in [0.25, 0.3) is 0 Å². The molecule has 1 saturated heterocycles. The van der Waals surface area contributed by atoms with Crippen molar-refractivity contribution >= 4 is 11.6 Å². The van der Waals surface area contributed by atoms with Crippen LogP contribution in [0.15, 0.2) is 28.8 Å². The molecule has 1 aliphatic heterocycles. The highest BCUT2D eigenvalue weighted by Crippen LogP contribution is 2.24. The summed E-state index contributed by atoms with van der Waals surface area (Å²) in [7, 11) is 0. The topological polar surface area (TPSA) is 51.0 Å². The smallest absolute Gasteiger partial charge is 0.227 e. The lowest BCUT2D eigenvalue weighted by molar-refractivity contribution is 0.257. The number of hydrogen-bond donors (Lipinski definition) is 1. The van der Waals surface area contributed by atoms with Crippen molar-refractivity contribution in [1.82, 2.24) is 15.5 Å². The van der Waals surface area contributed by atoms with Crippen LogP contribution in [0.5, 0.6) is 0 Å². The van der Waals surface area contributed by atoms with Crippen LogP contribution >= 0.6 is 11.6 Å². The molecule has 0 aliphatic carbocycles. The van der Waals surface area contributed by atoms with Crippen LogP contribution in [0.3, 0.4) is 0 Å². The number of aromatic nitrogens is 2. The first-order chi connectivity index (χ1) is 10.2. The van der Waals surface area contributed by atoms with Gasteiger partial charge in [-0.15, -0.1) is 0 Å². The Morgan fingerprint density at radius 3 is 3.14 bits per heavy atom. The van der Waals surface area contributed by atoms with Crippen molar-refractivity contribution in [3.63, 3.8) is 0 Å². The van der Waals surface area contributed by atoms with Crippen LogP contribution in [0.4, 0.5) is 0 Å². The molecule has 4 nitrogen and oxygen atoms in total. The van der Waals surface area contributed by atoms with Crippen LogP contribution < -0.4 is 5.32 Å². The normalized spacial score (nSPS) is 20.4. The molecular weight excluding hydrogens is 286 g/mol. The molecule has 2 heterocycles. The van der Waals surface area contributed by atoms with Crippen LogP contribution in [-0.4, -0.2) is 23.2 Å². The minimum atomic E-state index is 0.547. The Hall–Kier alpha value is -1.39. The molecule has 3 rings (SSSR count). The van der Waals surface area contributed by atoms with E-state index in [9.17, 15) is 0 Å². The van der Waals surface area contributed by atoms with E-state index in [0.29, 0.717) is 28.6 Å². The van der Waals surface area contributed by atoms with Crippen LogP contribution in [-0.2, 0) is 6.42 Å². The lowest BCUT2D eigenvalue weighted by Crippen LogP contribution is -2.33. The van der Waals surface area contributed by atoms with Gasteiger partial charge >= 0.3 is 0 Å². The number of rotatable bonds is 4. The van der Waals surface area contributed by atoms with Gasteiger partial charge in [-0.2, -0.15) is 4.98 Å². The molecule has 0 spiro atoms. The number of nitrogens with zero attached hydrogens (tertiary/aromatic N) is 2. The van der Waals surface area contributed by atoms with E-state index in [0.717, 1.165) is 25.1 Å². The zero-order chi connectivity index (χ0) is 14.7. The summed E-state index contributed by atoms with van der Waals surface area (Å²) in [6, 6.07) is 7.52.